The van der Waals surface area contributed by atoms with Crippen molar-refractivity contribution < 1.29 is 14.0 Å². The van der Waals surface area contributed by atoms with Gasteiger partial charge < -0.3 is 10.2 Å². The third-order valence-electron chi connectivity index (χ3n) is 7.06. The molecule has 35 heavy (non-hydrogen) atoms. The first-order chi connectivity index (χ1) is 17.1. The van der Waals surface area contributed by atoms with Crippen molar-refractivity contribution in [2.45, 2.75) is 44.4 Å². The Hall–Kier alpha value is -3.51. The topological polar surface area (TPSA) is 52.7 Å². The second kappa shape index (κ2) is 10.4. The van der Waals surface area contributed by atoms with Crippen LogP contribution in [-0.2, 0) is 17.9 Å². The molecule has 6 heteroatoms. The number of amides is 2. The van der Waals surface area contributed by atoms with Crippen LogP contribution >= 0.6 is 0 Å². The maximum absolute atomic E-state index is 13.6. The number of nitrogens with one attached hydrogen (secondary N) is 1. The van der Waals surface area contributed by atoms with Gasteiger partial charge in [0.2, 0.25) is 5.91 Å². The quantitative estimate of drug-likeness (QED) is 0.544. The number of piperidine rings is 1. The van der Waals surface area contributed by atoms with Gasteiger partial charge in [0.25, 0.3) is 5.91 Å². The number of hydrogen-bond donors (Lipinski definition) is 1. The summed E-state index contributed by atoms with van der Waals surface area (Å²) in [6.07, 6.45) is 1.94. The molecule has 2 aliphatic rings. The van der Waals surface area contributed by atoms with E-state index >= 15 is 0 Å². The lowest BCUT2D eigenvalue weighted by Crippen LogP contribution is -2.45. The van der Waals surface area contributed by atoms with Crippen LogP contribution in [0.5, 0.6) is 0 Å². The number of carbonyl (C=O) groups excluding carboxylic acids is 2. The van der Waals surface area contributed by atoms with Crippen LogP contribution in [0.15, 0.2) is 78.9 Å². The molecule has 3 aromatic rings. The lowest BCUT2D eigenvalue weighted by molar-refractivity contribution is -0.123. The Bertz CT molecular complexity index is 1170. The Balaban J connectivity index is 1.22. The van der Waals surface area contributed by atoms with E-state index < -0.39 is 6.04 Å². The molecule has 5 rings (SSSR count). The normalized spacial score (nSPS) is 17.3. The van der Waals surface area contributed by atoms with E-state index in [0.29, 0.717) is 12.1 Å². The van der Waals surface area contributed by atoms with Crippen LogP contribution in [-0.4, -0.2) is 40.7 Å². The van der Waals surface area contributed by atoms with E-state index in [1.165, 1.54) is 17.7 Å². The Kier molecular flexibility index (Phi) is 6.91. The average Bonchev–Trinajstić information content (AvgIpc) is 3.21. The van der Waals surface area contributed by atoms with Gasteiger partial charge in [0, 0.05) is 37.8 Å². The van der Waals surface area contributed by atoms with E-state index in [1.807, 2.05) is 30.3 Å². The predicted octanol–water partition coefficient (Wildman–Crippen LogP) is 4.69. The minimum atomic E-state index is -0.450. The third-order valence-corrected chi connectivity index (χ3v) is 7.06. The lowest BCUT2D eigenvalue weighted by atomic mass is 10.00. The maximum atomic E-state index is 13.6. The van der Waals surface area contributed by atoms with E-state index in [9.17, 15) is 14.0 Å². The Labute approximate surface area is 205 Å². The molecule has 0 aromatic heterocycles. The molecule has 1 saturated heterocycles. The fraction of sp³-hybridized carbons (Fsp3) is 0.310. The van der Waals surface area contributed by atoms with Crippen molar-refractivity contribution in [1.82, 2.24) is 15.1 Å². The van der Waals surface area contributed by atoms with Crippen molar-refractivity contribution in [2.24, 2.45) is 0 Å². The zero-order valence-corrected chi connectivity index (χ0v) is 19.7. The average molecular weight is 472 g/mol. The number of benzene rings is 3. The molecule has 0 spiro atoms. The highest BCUT2D eigenvalue weighted by Crippen LogP contribution is 2.33. The number of carbonyl (C=O) groups is 2. The molecule has 1 atom stereocenters. The first kappa shape index (κ1) is 23.2. The van der Waals surface area contributed by atoms with Gasteiger partial charge in [-0.1, -0.05) is 60.7 Å². The molecule has 5 nitrogen and oxygen atoms in total. The fourth-order valence-electron chi connectivity index (χ4n) is 5.16. The largest absolute Gasteiger partial charge is 0.353 e. The molecule has 1 N–H and O–H groups in total. The molecule has 0 bridgehead atoms. The number of fused-ring (bicyclic) bond motifs is 1. The van der Waals surface area contributed by atoms with Crippen molar-refractivity contribution in [3.8, 4) is 0 Å². The van der Waals surface area contributed by atoms with Crippen LogP contribution in [0.25, 0.3) is 0 Å². The highest BCUT2D eigenvalue weighted by atomic mass is 19.1. The van der Waals surface area contributed by atoms with Crippen molar-refractivity contribution >= 4 is 11.8 Å². The smallest absolute Gasteiger partial charge is 0.255 e. The van der Waals surface area contributed by atoms with Gasteiger partial charge in [0.05, 0.1) is 12.5 Å². The van der Waals surface area contributed by atoms with Gasteiger partial charge in [-0.3, -0.25) is 14.5 Å². The van der Waals surface area contributed by atoms with Gasteiger partial charge in [-0.25, -0.2) is 4.39 Å². The van der Waals surface area contributed by atoms with E-state index in [2.05, 4.69) is 34.5 Å². The summed E-state index contributed by atoms with van der Waals surface area (Å²) in [6.45, 7) is 3.23. The Morgan fingerprint density at radius 2 is 1.63 bits per heavy atom. The van der Waals surface area contributed by atoms with Crippen molar-refractivity contribution in [2.75, 3.05) is 13.1 Å². The molecule has 2 heterocycles. The number of rotatable bonds is 7. The molecule has 3 aromatic carbocycles. The van der Waals surface area contributed by atoms with Gasteiger partial charge in [0.15, 0.2) is 0 Å². The lowest BCUT2D eigenvalue weighted by Gasteiger charge is -2.33. The summed E-state index contributed by atoms with van der Waals surface area (Å²) in [5.74, 6) is -0.503. The predicted molar refractivity (Wildman–Crippen MR) is 133 cm³/mol. The molecule has 0 radical (unpaired) electrons. The van der Waals surface area contributed by atoms with Gasteiger partial charge in [-0.15, -0.1) is 0 Å². The highest BCUT2D eigenvalue weighted by molar-refractivity contribution is 5.98. The monoisotopic (exact) mass is 471 g/mol. The van der Waals surface area contributed by atoms with E-state index in [0.717, 1.165) is 43.6 Å². The molecular weight excluding hydrogens is 441 g/mol. The van der Waals surface area contributed by atoms with Gasteiger partial charge >= 0.3 is 0 Å². The van der Waals surface area contributed by atoms with Crippen LogP contribution in [0.1, 0.15) is 52.4 Å². The Morgan fingerprint density at radius 1 is 0.943 bits per heavy atom. The molecule has 0 aliphatic carbocycles. The molecular formula is C29H30FN3O2. The van der Waals surface area contributed by atoms with Crippen molar-refractivity contribution in [1.29, 1.82) is 0 Å². The van der Waals surface area contributed by atoms with Crippen LogP contribution in [0.3, 0.4) is 0 Å². The molecule has 1 unspecified atom stereocenters. The summed E-state index contributed by atoms with van der Waals surface area (Å²) >= 11 is 0. The minimum absolute atomic E-state index is 0.0791. The number of nitrogens with zero attached hydrogens (tertiary/aromatic N) is 2. The van der Waals surface area contributed by atoms with Gasteiger partial charge in [-0.2, -0.15) is 0 Å². The van der Waals surface area contributed by atoms with E-state index in [4.69, 9.17) is 0 Å². The van der Waals surface area contributed by atoms with E-state index in [1.54, 1.807) is 17.0 Å². The molecule has 2 aliphatic heterocycles. The molecule has 2 amide bonds. The number of hydrogen-bond acceptors (Lipinski definition) is 3. The van der Waals surface area contributed by atoms with Crippen LogP contribution < -0.4 is 5.32 Å². The SMILES string of the molecule is O=C(CC(c1ccc(F)cc1)N1Cc2ccccc2C1=O)NC1CCN(Cc2ccccc2)CC1. The second-order valence-corrected chi connectivity index (χ2v) is 9.47. The van der Waals surface area contributed by atoms with Crippen LogP contribution in [0, 0.1) is 5.82 Å². The summed E-state index contributed by atoms with van der Waals surface area (Å²) in [5, 5.41) is 3.20. The standard InChI is InChI=1S/C29H30FN3O2/c30-24-12-10-22(11-13-24)27(33-20-23-8-4-5-9-26(23)29(33)35)18-28(34)31-25-14-16-32(17-15-25)19-21-6-2-1-3-7-21/h1-13,25,27H,14-20H2,(H,31,34). The first-order valence-electron chi connectivity index (χ1n) is 12.3. The molecule has 180 valence electrons. The summed E-state index contributed by atoms with van der Waals surface area (Å²) in [5.41, 5.74) is 3.69. The van der Waals surface area contributed by atoms with E-state index in [-0.39, 0.29) is 30.1 Å². The number of halogens is 1. The first-order valence-corrected chi connectivity index (χ1v) is 12.3. The number of likely N-dealkylation sites (tertiary alicyclic amines) is 1. The molecule has 0 saturated carbocycles. The highest BCUT2D eigenvalue weighted by Gasteiger charge is 2.35. The maximum Gasteiger partial charge on any atom is 0.255 e. The summed E-state index contributed by atoms with van der Waals surface area (Å²) in [6, 6.07) is 23.7. The van der Waals surface area contributed by atoms with Crippen molar-refractivity contribution in [3.63, 3.8) is 0 Å². The van der Waals surface area contributed by atoms with Crippen LogP contribution in [0.4, 0.5) is 4.39 Å². The van der Waals surface area contributed by atoms with Gasteiger partial charge in [0.1, 0.15) is 5.82 Å². The van der Waals surface area contributed by atoms with Crippen molar-refractivity contribution in [3.05, 3.63) is 107 Å². The van der Waals surface area contributed by atoms with Gasteiger partial charge in [-0.05, 0) is 47.7 Å². The third kappa shape index (κ3) is 5.43. The fourth-order valence-corrected chi connectivity index (χ4v) is 5.16. The minimum Gasteiger partial charge on any atom is -0.353 e. The molecule has 1 fully saturated rings. The summed E-state index contributed by atoms with van der Waals surface area (Å²) in [7, 11) is 0. The van der Waals surface area contributed by atoms with Crippen LogP contribution in [0.2, 0.25) is 0 Å². The summed E-state index contributed by atoms with van der Waals surface area (Å²) in [4.78, 5) is 30.4. The Morgan fingerprint density at radius 3 is 2.34 bits per heavy atom. The zero-order chi connectivity index (χ0) is 24.2. The zero-order valence-electron chi connectivity index (χ0n) is 19.7. The summed E-state index contributed by atoms with van der Waals surface area (Å²) < 4.78 is 13.6. The second-order valence-electron chi connectivity index (χ2n) is 9.47.